The quantitative estimate of drug-likeness (QED) is 0.886. The maximum absolute atomic E-state index is 13.2. The van der Waals surface area contributed by atoms with Crippen LogP contribution in [-0.2, 0) is 4.79 Å². The number of nitrogens with one attached hydrogen (secondary N) is 1. The van der Waals surface area contributed by atoms with Gasteiger partial charge in [0.25, 0.3) is 5.91 Å². The van der Waals surface area contributed by atoms with Gasteiger partial charge in [-0.05, 0) is 56.5 Å². The van der Waals surface area contributed by atoms with Crippen molar-refractivity contribution in [3.8, 4) is 5.75 Å². The highest BCUT2D eigenvalue weighted by molar-refractivity contribution is 6.54. The summed E-state index contributed by atoms with van der Waals surface area (Å²) in [6, 6.07) is 15.6. The van der Waals surface area contributed by atoms with Gasteiger partial charge in [0.05, 0.1) is 31.1 Å². The first-order valence-corrected chi connectivity index (χ1v) is 9.82. The van der Waals surface area contributed by atoms with Crippen molar-refractivity contribution in [2.45, 2.75) is 26.2 Å². The average molecular weight is 364 g/mol. The van der Waals surface area contributed by atoms with E-state index in [1.54, 1.807) is 0 Å². The smallest absolute Gasteiger partial charge is 0.281 e. The molecule has 27 heavy (non-hydrogen) atoms. The van der Waals surface area contributed by atoms with E-state index in [0.29, 0.717) is 12.3 Å². The number of likely N-dealkylation sites (tertiary alicyclic amines) is 1. The van der Waals surface area contributed by atoms with Gasteiger partial charge in [-0.3, -0.25) is 9.69 Å². The number of ether oxygens (including phenoxy) is 1. The molecule has 2 aliphatic rings. The summed E-state index contributed by atoms with van der Waals surface area (Å²) in [5.41, 5.74) is 3.20. The molecule has 2 aromatic rings. The molecule has 140 valence electrons. The first kappa shape index (κ1) is 17.7. The zero-order chi connectivity index (χ0) is 18.6. The van der Waals surface area contributed by atoms with Crippen LogP contribution in [-0.4, -0.2) is 38.0 Å². The summed E-state index contributed by atoms with van der Waals surface area (Å²) < 4.78 is 5.48. The molecule has 0 aromatic heterocycles. The summed E-state index contributed by atoms with van der Waals surface area (Å²) >= 11 is 0. The van der Waals surface area contributed by atoms with Gasteiger partial charge >= 0.3 is 0 Å². The monoisotopic (exact) mass is 364 g/mol. The van der Waals surface area contributed by atoms with Crippen LogP contribution >= 0.6 is 0 Å². The standard InChI is InChI=1S/C22H25N3O2/c1-2-27-18-12-10-17(11-13-18)23-21-19-8-4-5-9-20(19)25(22(21)26)16-24-14-6-3-7-15-24/h4-5,8-13H,2-3,6-7,14-16H2,1H3/p+1. The predicted octanol–water partition coefficient (Wildman–Crippen LogP) is 2.58. The van der Waals surface area contributed by atoms with Crippen LogP contribution in [0, 0.1) is 0 Å². The summed E-state index contributed by atoms with van der Waals surface area (Å²) in [4.78, 5) is 21.2. The normalized spacial score (nSPS) is 18.8. The summed E-state index contributed by atoms with van der Waals surface area (Å²) in [6.45, 7) is 5.58. The third-order valence-electron chi connectivity index (χ3n) is 5.23. The van der Waals surface area contributed by atoms with Crippen LogP contribution in [0.15, 0.2) is 53.5 Å². The van der Waals surface area contributed by atoms with E-state index in [0.717, 1.165) is 42.4 Å². The van der Waals surface area contributed by atoms with Crippen molar-refractivity contribution in [1.82, 2.24) is 0 Å². The van der Waals surface area contributed by atoms with Crippen molar-refractivity contribution >= 4 is 23.0 Å². The maximum atomic E-state index is 13.2. The molecule has 0 atom stereocenters. The Morgan fingerprint density at radius 2 is 1.78 bits per heavy atom. The number of amides is 1. The number of rotatable bonds is 5. The molecule has 0 saturated carbocycles. The van der Waals surface area contributed by atoms with E-state index in [4.69, 9.17) is 4.74 Å². The van der Waals surface area contributed by atoms with Gasteiger partial charge in [0.15, 0.2) is 6.67 Å². The molecular weight excluding hydrogens is 338 g/mol. The van der Waals surface area contributed by atoms with Crippen LogP contribution in [0.3, 0.4) is 0 Å². The highest BCUT2D eigenvalue weighted by Gasteiger charge is 2.36. The molecule has 0 unspecified atom stereocenters. The Labute approximate surface area is 160 Å². The maximum Gasteiger partial charge on any atom is 0.281 e. The van der Waals surface area contributed by atoms with Gasteiger partial charge in [0.2, 0.25) is 0 Å². The van der Waals surface area contributed by atoms with Gasteiger partial charge in [0.1, 0.15) is 11.5 Å². The molecule has 1 N–H and O–H groups in total. The molecule has 4 rings (SSSR count). The van der Waals surface area contributed by atoms with Gasteiger partial charge in [-0.25, -0.2) is 4.99 Å². The minimum absolute atomic E-state index is 0.00292. The largest absolute Gasteiger partial charge is 0.494 e. The Balaban J connectivity index is 1.62. The third-order valence-corrected chi connectivity index (χ3v) is 5.23. The minimum Gasteiger partial charge on any atom is -0.494 e. The summed E-state index contributed by atoms with van der Waals surface area (Å²) in [7, 11) is 0. The number of para-hydroxylation sites is 1. The Kier molecular flexibility index (Phi) is 5.21. The van der Waals surface area contributed by atoms with Crippen LogP contribution in [0.5, 0.6) is 5.75 Å². The zero-order valence-corrected chi connectivity index (χ0v) is 15.8. The number of quaternary nitrogens is 1. The number of hydrogen-bond acceptors (Lipinski definition) is 3. The van der Waals surface area contributed by atoms with Crippen LogP contribution in [0.25, 0.3) is 0 Å². The third kappa shape index (κ3) is 3.74. The highest BCUT2D eigenvalue weighted by Crippen LogP contribution is 2.30. The molecule has 2 aromatic carbocycles. The number of nitrogens with zero attached hydrogens (tertiary/aromatic N) is 2. The van der Waals surface area contributed by atoms with E-state index in [9.17, 15) is 4.79 Å². The van der Waals surface area contributed by atoms with E-state index < -0.39 is 0 Å². The molecule has 2 aliphatic heterocycles. The minimum atomic E-state index is 0.00292. The second kappa shape index (κ2) is 7.92. The number of fused-ring (bicyclic) bond motifs is 1. The number of carbonyl (C=O) groups excluding carboxylic acids is 1. The number of carbonyl (C=O) groups is 1. The summed E-state index contributed by atoms with van der Waals surface area (Å²) in [5, 5.41) is 0. The van der Waals surface area contributed by atoms with Crippen LogP contribution < -0.4 is 14.5 Å². The van der Waals surface area contributed by atoms with Crippen LogP contribution in [0.1, 0.15) is 31.7 Å². The van der Waals surface area contributed by atoms with Crippen LogP contribution in [0.2, 0.25) is 0 Å². The van der Waals surface area contributed by atoms with Crippen molar-refractivity contribution in [2.24, 2.45) is 4.99 Å². The molecule has 0 spiro atoms. The van der Waals surface area contributed by atoms with Gasteiger partial charge in [-0.2, -0.15) is 0 Å². The fourth-order valence-electron chi connectivity index (χ4n) is 3.87. The van der Waals surface area contributed by atoms with Gasteiger partial charge in [0, 0.05) is 5.56 Å². The first-order chi connectivity index (χ1) is 13.3. The van der Waals surface area contributed by atoms with E-state index in [1.165, 1.54) is 24.2 Å². The molecule has 1 fully saturated rings. The second-order valence-electron chi connectivity index (χ2n) is 7.11. The lowest BCUT2D eigenvalue weighted by Crippen LogP contribution is -3.14. The SMILES string of the molecule is CCOc1ccc(N=C2C(=O)N(C[NH+]3CCCCC3)c3ccccc32)cc1. The molecule has 1 saturated heterocycles. The van der Waals surface area contributed by atoms with Gasteiger partial charge in [-0.1, -0.05) is 18.2 Å². The predicted molar refractivity (Wildman–Crippen MR) is 107 cm³/mol. The fraction of sp³-hybridized carbons (Fsp3) is 0.364. The first-order valence-electron chi connectivity index (χ1n) is 9.82. The van der Waals surface area contributed by atoms with E-state index >= 15 is 0 Å². The molecule has 5 nitrogen and oxygen atoms in total. The fourth-order valence-corrected chi connectivity index (χ4v) is 3.87. The molecule has 0 radical (unpaired) electrons. The Hall–Kier alpha value is -2.66. The van der Waals surface area contributed by atoms with E-state index in [-0.39, 0.29) is 5.91 Å². The van der Waals surface area contributed by atoms with Crippen molar-refractivity contribution in [3.05, 3.63) is 54.1 Å². The van der Waals surface area contributed by atoms with Crippen LogP contribution in [0.4, 0.5) is 11.4 Å². The van der Waals surface area contributed by atoms with Crippen molar-refractivity contribution in [3.63, 3.8) is 0 Å². The Bertz CT molecular complexity index is 839. The Morgan fingerprint density at radius 3 is 2.52 bits per heavy atom. The molecule has 0 bridgehead atoms. The highest BCUT2D eigenvalue weighted by atomic mass is 16.5. The van der Waals surface area contributed by atoms with E-state index in [1.807, 2.05) is 60.4 Å². The molecule has 5 heteroatoms. The summed E-state index contributed by atoms with van der Waals surface area (Å²) in [6.07, 6.45) is 3.79. The lowest BCUT2D eigenvalue weighted by Gasteiger charge is -2.27. The van der Waals surface area contributed by atoms with Crippen molar-refractivity contribution in [2.75, 3.05) is 31.3 Å². The number of anilines is 1. The topological polar surface area (TPSA) is 46.3 Å². The molecule has 0 aliphatic carbocycles. The molecule has 1 amide bonds. The number of aliphatic imine (C=N–C) groups is 1. The number of piperidine rings is 1. The number of benzene rings is 2. The van der Waals surface area contributed by atoms with Crippen molar-refractivity contribution in [1.29, 1.82) is 0 Å². The van der Waals surface area contributed by atoms with Crippen molar-refractivity contribution < 1.29 is 14.4 Å². The lowest BCUT2D eigenvalue weighted by molar-refractivity contribution is -0.903. The van der Waals surface area contributed by atoms with Gasteiger partial charge in [-0.15, -0.1) is 0 Å². The summed E-state index contributed by atoms with van der Waals surface area (Å²) in [5.74, 6) is 0.818. The Morgan fingerprint density at radius 1 is 1.04 bits per heavy atom. The lowest BCUT2D eigenvalue weighted by atomic mass is 10.1. The molecule has 2 heterocycles. The molecular formula is C22H26N3O2+. The zero-order valence-electron chi connectivity index (χ0n) is 15.8. The number of hydrogen-bond donors (Lipinski definition) is 1. The second-order valence-corrected chi connectivity index (χ2v) is 7.11. The van der Waals surface area contributed by atoms with E-state index in [2.05, 4.69) is 4.99 Å². The van der Waals surface area contributed by atoms with Gasteiger partial charge < -0.3 is 9.64 Å². The average Bonchev–Trinajstić information content (AvgIpc) is 2.96.